The summed E-state index contributed by atoms with van der Waals surface area (Å²) in [5.41, 5.74) is -1.27. The molecule has 29 heavy (non-hydrogen) atoms. The van der Waals surface area contributed by atoms with Gasteiger partial charge < -0.3 is 28.4 Å². The number of nitrogens with one attached hydrogen (secondary N) is 1. The topological polar surface area (TPSA) is 138 Å². The lowest BCUT2D eigenvalue weighted by molar-refractivity contribution is -0.0806. The number of aliphatic hydroxyl groups is 1. The summed E-state index contributed by atoms with van der Waals surface area (Å²) in [4.78, 5) is 26.3. The summed E-state index contributed by atoms with van der Waals surface area (Å²) in [6.45, 7) is 2.02. The number of rotatable bonds is 9. The zero-order valence-corrected chi connectivity index (χ0v) is 17.7. The summed E-state index contributed by atoms with van der Waals surface area (Å²) in [6.07, 6.45) is -1.83. The number of aromatic amines is 1. The van der Waals surface area contributed by atoms with Gasteiger partial charge in [0.05, 0.1) is 25.0 Å². The highest BCUT2D eigenvalue weighted by atomic mass is 31.2. The molecule has 0 radical (unpaired) electrons. The first kappa shape index (κ1) is 22.4. The van der Waals surface area contributed by atoms with E-state index in [-0.39, 0.29) is 19.1 Å². The number of nitrogens with zero attached hydrogens (tertiary/aromatic N) is 1. The Kier molecular flexibility index (Phi) is 6.79. The van der Waals surface area contributed by atoms with Gasteiger partial charge in [0.25, 0.3) is 5.56 Å². The Hall–Kier alpha value is -1.33. The summed E-state index contributed by atoms with van der Waals surface area (Å²) in [5, 5.41) is 10.9. The SMILES string of the molecule is COCCOC1C(O)C(C2CC2P(=O)(OC)OC)OC1n1cc(C)c(=O)[nH]c1=O. The smallest absolute Gasteiger partial charge is 0.333 e. The van der Waals surface area contributed by atoms with Gasteiger partial charge in [0.15, 0.2) is 6.23 Å². The predicted molar refractivity (Wildman–Crippen MR) is 101 cm³/mol. The van der Waals surface area contributed by atoms with Crippen LogP contribution in [0.1, 0.15) is 18.2 Å². The van der Waals surface area contributed by atoms with Crippen LogP contribution in [0, 0.1) is 12.8 Å². The monoisotopic (exact) mass is 434 g/mol. The van der Waals surface area contributed by atoms with Crippen LogP contribution in [0.5, 0.6) is 0 Å². The number of ether oxygens (including phenoxy) is 3. The number of H-pyrrole nitrogens is 1. The van der Waals surface area contributed by atoms with Crippen molar-refractivity contribution in [2.75, 3.05) is 34.5 Å². The predicted octanol–water partition coefficient (Wildman–Crippen LogP) is 0.00932. The van der Waals surface area contributed by atoms with Crippen LogP contribution in [-0.4, -0.2) is 73.2 Å². The number of hydrogen-bond donors (Lipinski definition) is 2. The fourth-order valence-corrected chi connectivity index (χ4v) is 5.57. The van der Waals surface area contributed by atoms with Gasteiger partial charge in [-0.1, -0.05) is 0 Å². The molecule has 2 aliphatic rings. The summed E-state index contributed by atoms with van der Waals surface area (Å²) in [7, 11) is 0.837. The zero-order chi connectivity index (χ0) is 21.3. The van der Waals surface area contributed by atoms with Gasteiger partial charge in [-0.25, -0.2) is 4.79 Å². The highest BCUT2D eigenvalue weighted by molar-refractivity contribution is 7.55. The Labute approximate surface area is 167 Å². The molecule has 0 bridgehead atoms. The molecular formula is C17H27N2O9P. The molecule has 0 amide bonds. The fraction of sp³-hybridized carbons (Fsp3) is 0.765. The standard InChI is InChI=1S/C17H27N2O9P/c1-9-8-19(17(22)18-15(9)21)16-14(27-6-5-24-2)12(20)13(28-16)10-7-11(10)29(23,25-3)26-4/h8,10-14,16,20H,5-7H2,1-4H3,(H,18,21,22). The number of aliphatic hydroxyl groups excluding tert-OH is 1. The number of aryl methyl sites for hydroxylation is 1. The van der Waals surface area contributed by atoms with E-state index in [0.717, 1.165) is 0 Å². The number of hydrogen-bond acceptors (Lipinski definition) is 9. The lowest BCUT2D eigenvalue weighted by Crippen LogP contribution is -2.40. The van der Waals surface area contributed by atoms with Crippen molar-refractivity contribution in [2.24, 2.45) is 5.92 Å². The van der Waals surface area contributed by atoms with Gasteiger partial charge in [-0.3, -0.25) is 18.9 Å². The van der Waals surface area contributed by atoms with E-state index in [2.05, 4.69) is 4.98 Å². The van der Waals surface area contributed by atoms with E-state index in [1.54, 1.807) is 6.92 Å². The van der Waals surface area contributed by atoms with E-state index in [1.807, 2.05) is 0 Å². The molecule has 0 aromatic carbocycles. The quantitative estimate of drug-likeness (QED) is 0.406. The third kappa shape index (κ3) is 4.27. The first-order valence-corrected chi connectivity index (χ1v) is 10.9. The highest BCUT2D eigenvalue weighted by Gasteiger charge is 2.61. The summed E-state index contributed by atoms with van der Waals surface area (Å²) in [6, 6.07) is 0. The largest absolute Gasteiger partial charge is 0.387 e. The molecule has 1 aliphatic heterocycles. The molecule has 2 heterocycles. The van der Waals surface area contributed by atoms with Crippen LogP contribution in [0.25, 0.3) is 0 Å². The number of aromatic nitrogens is 2. The summed E-state index contributed by atoms with van der Waals surface area (Å²) < 4.78 is 40.7. The third-order valence-corrected chi connectivity index (χ3v) is 7.83. The molecule has 12 heteroatoms. The maximum atomic E-state index is 12.6. The van der Waals surface area contributed by atoms with Crippen molar-refractivity contribution in [1.29, 1.82) is 0 Å². The van der Waals surface area contributed by atoms with Gasteiger partial charge in [0.1, 0.15) is 12.2 Å². The van der Waals surface area contributed by atoms with Crippen molar-refractivity contribution >= 4 is 7.60 Å². The Morgan fingerprint density at radius 1 is 1.28 bits per heavy atom. The van der Waals surface area contributed by atoms with Crippen LogP contribution < -0.4 is 11.2 Å². The van der Waals surface area contributed by atoms with E-state index < -0.39 is 49.0 Å². The van der Waals surface area contributed by atoms with E-state index in [4.69, 9.17) is 23.3 Å². The maximum absolute atomic E-state index is 12.6. The first-order valence-electron chi connectivity index (χ1n) is 9.24. The second-order valence-corrected chi connectivity index (χ2v) is 9.63. The van der Waals surface area contributed by atoms with Gasteiger partial charge in [-0.2, -0.15) is 0 Å². The average Bonchev–Trinajstić information content (AvgIpc) is 3.44. The van der Waals surface area contributed by atoms with Crippen LogP contribution >= 0.6 is 7.60 Å². The summed E-state index contributed by atoms with van der Waals surface area (Å²) in [5.74, 6) is -0.284. The molecule has 6 atom stereocenters. The van der Waals surface area contributed by atoms with Gasteiger partial charge in [0, 0.05) is 39.0 Å². The van der Waals surface area contributed by atoms with Crippen molar-refractivity contribution < 1.29 is 32.9 Å². The van der Waals surface area contributed by atoms with Crippen LogP contribution in [-0.2, 0) is 27.8 Å². The average molecular weight is 434 g/mol. The molecule has 6 unspecified atom stereocenters. The van der Waals surface area contributed by atoms with Crippen LogP contribution in [0.4, 0.5) is 0 Å². The molecule has 11 nitrogen and oxygen atoms in total. The van der Waals surface area contributed by atoms with Crippen molar-refractivity contribution in [3.8, 4) is 0 Å². The van der Waals surface area contributed by atoms with Crippen molar-refractivity contribution in [3.63, 3.8) is 0 Å². The lowest BCUT2D eigenvalue weighted by atomic mass is 10.1. The molecule has 3 rings (SSSR count). The molecule has 1 aromatic rings. The second kappa shape index (κ2) is 8.81. The first-order chi connectivity index (χ1) is 13.8. The second-order valence-electron chi connectivity index (χ2n) is 7.16. The summed E-state index contributed by atoms with van der Waals surface area (Å²) >= 11 is 0. The Morgan fingerprint density at radius 2 is 1.97 bits per heavy atom. The van der Waals surface area contributed by atoms with Gasteiger partial charge >= 0.3 is 13.3 Å². The molecule has 1 aromatic heterocycles. The van der Waals surface area contributed by atoms with Crippen LogP contribution in [0.3, 0.4) is 0 Å². The van der Waals surface area contributed by atoms with Crippen molar-refractivity contribution in [3.05, 3.63) is 32.6 Å². The van der Waals surface area contributed by atoms with Crippen molar-refractivity contribution in [1.82, 2.24) is 9.55 Å². The molecular weight excluding hydrogens is 407 g/mol. The van der Waals surface area contributed by atoms with Crippen LogP contribution in [0.15, 0.2) is 15.8 Å². The van der Waals surface area contributed by atoms with Crippen LogP contribution in [0.2, 0.25) is 0 Å². The highest BCUT2D eigenvalue weighted by Crippen LogP contribution is 2.66. The minimum Gasteiger partial charge on any atom is -0.387 e. The van der Waals surface area contributed by atoms with E-state index >= 15 is 0 Å². The molecule has 1 aliphatic carbocycles. The van der Waals surface area contributed by atoms with Gasteiger partial charge in [-0.15, -0.1) is 0 Å². The van der Waals surface area contributed by atoms with Gasteiger partial charge in [0.2, 0.25) is 0 Å². The Morgan fingerprint density at radius 3 is 2.59 bits per heavy atom. The van der Waals surface area contributed by atoms with E-state index in [1.165, 1.54) is 32.1 Å². The molecule has 2 N–H and O–H groups in total. The lowest BCUT2D eigenvalue weighted by Gasteiger charge is -2.22. The van der Waals surface area contributed by atoms with E-state index in [9.17, 15) is 19.3 Å². The maximum Gasteiger partial charge on any atom is 0.333 e. The normalized spacial score (nSPS) is 31.9. The Balaban J connectivity index is 1.88. The van der Waals surface area contributed by atoms with E-state index in [0.29, 0.717) is 12.0 Å². The molecule has 2 fully saturated rings. The Bertz CT molecular complexity index is 876. The zero-order valence-electron chi connectivity index (χ0n) is 16.8. The number of methoxy groups -OCH3 is 1. The minimum atomic E-state index is -3.31. The molecule has 0 spiro atoms. The van der Waals surface area contributed by atoms with Gasteiger partial charge in [-0.05, 0) is 13.3 Å². The fourth-order valence-electron chi connectivity index (χ4n) is 3.74. The third-order valence-electron chi connectivity index (χ3n) is 5.41. The minimum absolute atomic E-state index is 0.171. The molecule has 1 saturated carbocycles. The molecule has 1 saturated heterocycles. The molecule has 164 valence electrons. The van der Waals surface area contributed by atoms with Crippen molar-refractivity contribution in [2.45, 2.75) is 43.5 Å².